The lowest BCUT2D eigenvalue weighted by Gasteiger charge is -2.19. The van der Waals surface area contributed by atoms with Gasteiger partial charge in [0.1, 0.15) is 0 Å². The predicted molar refractivity (Wildman–Crippen MR) is 80.9 cm³/mol. The fourth-order valence-corrected chi connectivity index (χ4v) is 3.14. The molecule has 1 rings (SSSR count). The van der Waals surface area contributed by atoms with Crippen LogP contribution in [0.5, 0.6) is 0 Å². The third-order valence-electron chi connectivity index (χ3n) is 2.95. The fourth-order valence-electron chi connectivity index (χ4n) is 1.73. The number of benzene rings is 1. The van der Waals surface area contributed by atoms with Gasteiger partial charge in [-0.2, -0.15) is 4.31 Å². The Morgan fingerprint density at radius 1 is 1.18 bits per heavy atom. The number of rotatable bonds is 7. The second kappa shape index (κ2) is 7.90. The van der Waals surface area contributed by atoms with E-state index in [0.29, 0.717) is 0 Å². The summed E-state index contributed by atoms with van der Waals surface area (Å²) < 4.78 is 30.8. The molecule has 0 atom stereocenters. The Morgan fingerprint density at radius 3 is 2.23 bits per heavy atom. The number of likely N-dealkylation sites (N-methyl/N-ethyl adjacent to an activating group) is 2. The van der Waals surface area contributed by atoms with Crippen molar-refractivity contribution in [3.8, 4) is 0 Å². The third kappa shape index (κ3) is 4.28. The number of sulfonamides is 1. The Balaban J connectivity index is 3.01. The molecule has 0 saturated heterocycles. The quantitative estimate of drug-likeness (QED) is 0.741. The third-order valence-corrected chi connectivity index (χ3v) is 4.89. The molecule has 122 valence electrons. The van der Waals surface area contributed by atoms with Crippen LogP contribution in [0.15, 0.2) is 29.2 Å². The molecule has 0 aromatic heterocycles. The molecule has 22 heavy (non-hydrogen) atoms. The Morgan fingerprint density at radius 2 is 1.77 bits per heavy atom. The van der Waals surface area contributed by atoms with Gasteiger partial charge in [0.05, 0.1) is 23.6 Å². The molecule has 0 aliphatic heterocycles. The van der Waals surface area contributed by atoms with Crippen molar-refractivity contribution in [2.75, 3.05) is 26.7 Å². The van der Waals surface area contributed by atoms with Crippen molar-refractivity contribution in [1.82, 2.24) is 9.62 Å². The predicted octanol–water partition coefficient (Wildman–Crippen LogP) is 0.620. The Hall–Kier alpha value is -1.93. The van der Waals surface area contributed by atoms with Crippen molar-refractivity contribution >= 4 is 21.9 Å². The molecule has 1 N–H and O–H groups in total. The normalized spacial score (nSPS) is 11.3. The van der Waals surface area contributed by atoms with Crippen LogP contribution < -0.4 is 5.32 Å². The summed E-state index contributed by atoms with van der Waals surface area (Å²) in [6.45, 7) is 3.49. The summed E-state index contributed by atoms with van der Waals surface area (Å²) in [6, 6.07) is 5.43. The van der Waals surface area contributed by atoms with Crippen LogP contribution in [0.3, 0.4) is 0 Å². The van der Waals surface area contributed by atoms with Crippen molar-refractivity contribution in [2.24, 2.45) is 0 Å². The lowest BCUT2D eigenvalue weighted by molar-refractivity contribution is -0.120. The van der Waals surface area contributed by atoms with Gasteiger partial charge >= 0.3 is 5.97 Å². The van der Waals surface area contributed by atoms with Crippen LogP contribution in [-0.2, 0) is 19.6 Å². The van der Waals surface area contributed by atoms with E-state index in [4.69, 9.17) is 4.74 Å². The second-order valence-corrected chi connectivity index (χ2v) is 6.29. The molecule has 0 unspecified atom stereocenters. The highest BCUT2D eigenvalue weighted by Crippen LogP contribution is 2.16. The first-order valence-corrected chi connectivity index (χ1v) is 8.28. The van der Waals surface area contributed by atoms with Gasteiger partial charge in [0.25, 0.3) is 0 Å². The fraction of sp³-hybridized carbons (Fsp3) is 0.429. The average molecular weight is 328 g/mol. The number of hydrogen-bond donors (Lipinski definition) is 1. The Labute approximate surface area is 130 Å². The zero-order valence-corrected chi connectivity index (χ0v) is 13.6. The second-order valence-electron chi connectivity index (χ2n) is 4.35. The van der Waals surface area contributed by atoms with Crippen LogP contribution in [-0.4, -0.2) is 51.3 Å². The first-order valence-electron chi connectivity index (χ1n) is 6.84. The zero-order valence-electron chi connectivity index (χ0n) is 12.8. The van der Waals surface area contributed by atoms with Crippen molar-refractivity contribution in [3.63, 3.8) is 0 Å². The van der Waals surface area contributed by atoms with Gasteiger partial charge in [-0.3, -0.25) is 4.79 Å². The first kappa shape index (κ1) is 18.1. The highest BCUT2D eigenvalue weighted by Gasteiger charge is 2.25. The number of hydrogen-bond acceptors (Lipinski definition) is 5. The smallest absolute Gasteiger partial charge is 0.338 e. The number of nitrogens with one attached hydrogen (secondary N) is 1. The van der Waals surface area contributed by atoms with E-state index < -0.39 is 21.9 Å². The van der Waals surface area contributed by atoms with E-state index in [1.54, 1.807) is 13.8 Å². The van der Waals surface area contributed by atoms with Crippen molar-refractivity contribution in [1.29, 1.82) is 0 Å². The molecule has 0 radical (unpaired) electrons. The van der Waals surface area contributed by atoms with Crippen LogP contribution in [0.25, 0.3) is 0 Å². The lowest BCUT2D eigenvalue weighted by atomic mass is 10.2. The minimum Gasteiger partial charge on any atom is -0.462 e. The molecule has 8 heteroatoms. The number of nitrogens with zero attached hydrogens (tertiary/aromatic N) is 1. The molecular weight excluding hydrogens is 308 g/mol. The maximum absolute atomic E-state index is 12.5. The summed E-state index contributed by atoms with van der Waals surface area (Å²) in [5.41, 5.74) is 0.273. The van der Waals surface area contributed by atoms with Gasteiger partial charge in [0.2, 0.25) is 15.9 Å². The minimum atomic E-state index is -3.79. The van der Waals surface area contributed by atoms with Crippen molar-refractivity contribution < 1.29 is 22.7 Å². The minimum absolute atomic E-state index is 0.0197. The topological polar surface area (TPSA) is 92.8 Å². The van der Waals surface area contributed by atoms with Crippen molar-refractivity contribution in [3.05, 3.63) is 29.8 Å². The van der Waals surface area contributed by atoms with E-state index in [9.17, 15) is 18.0 Å². The molecule has 0 aliphatic carbocycles. The molecule has 0 fully saturated rings. The highest BCUT2D eigenvalue weighted by atomic mass is 32.2. The highest BCUT2D eigenvalue weighted by molar-refractivity contribution is 7.89. The number of ether oxygens (including phenoxy) is 1. The van der Waals surface area contributed by atoms with Gasteiger partial charge in [-0.1, -0.05) is 6.92 Å². The molecule has 0 aliphatic rings. The van der Waals surface area contributed by atoms with Gasteiger partial charge in [0, 0.05) is 13.6 Å². The number of esters is 1. The van der Waals surface area contributed by atoms with Gasteiger partial charge in [-0.05, 0) is 31.2 Å². The van der Waals surface area contributed by atoms with Crippen LogP contribution in [0.4, 0.5) is 0 Å². The molecule has 0 bridgehead atoms. The van der Waals surface area contributed by atoms with E-state index in [-0.39, 0.29) is 30.2 Å². The molecule has 7 nitrogen and oxygen atoms in total. The van der Waals surface area contributed by atoms with Gasteiger partial charge in [-0.15, -0.1) is 0 Å². The van der Waals surface area contributed by atoms with Gasteiger partial charge in [0.15, 0.2) is 0 Å². The molecule has 1 aromatic rings. The van der Waals surface area contributed by atoms with Gasteiger partial charge in [-0.25, -0.2) is 13.2 Å². The standard InChI is InChI=1S/C14H20N2O5S/c1-4-16(10-13(17)15-3)22(19,20)12-8-6-11(7-9-12)14(18)21-5-2/h6-9H,4-5,10H2,1-3H3,(H,15,17). The van der Waals surface area contributed by atoms with Crippen LogP contribution >= 0.6 is 0 Å². The summed E-state index contributed by atoms with van der Waals surface area (Å²) in [5, 5.41) is 2.39. The molecular formula is C14H20N2O5S. The summed E-state index contributed by atoms with van der Waals surface area (Å²) >= 11 is 0. The molecule has 0 heterocycles. The van der Waals surface area contributed by atoms with E-state index >= 15 is 0 Å². The van der Waals surface area contributed by atoms with Crippen LogP contribution in [0.1, 0.15) is 24.2 Å². The van der Waals surface area contributed by atoms with Gasteiger partial charge < -0.3 is 10.1 Å². The van der Waals surface area contributed by atoms with E-state index in [1.165, 1.54) is 31.3 Å². The zero-order chi connectivity index (χ0) is 16.8. The Bertz CT molecular complexity index is 625. The summed E-state index contributed by atoms with van der Waals surface area (Å²) in [7, 11) is -2.35. The molecule has 1 amide bonds. The summed E-state index contributed by atoms with van der Waals surface area (Å²) in [4.78, 5) is 23.0. The number of amides is 1. The monoisotopic (exact) mass is 328 g/mol. The summed E-state index contributed by atoms with van der Waals surface area (Å²) in [6.07, 6.45) is 0. The maximum atomic E-state index is 12.5. The summed E-state index contributed by atoms with van der Waals surface area (Å²) in [5.74, 6) is -0.905. The maximum Gasteiger partial charge on any atom is 0.338 e. The number of carbonyl (C=O) groups is 2. The van der Waals surface area contributed by atoms with Crippen LogP contribution in [0, 0.1) is 0 Å². The first-order chi connectivity index (χ1) is 10.4. The molecule has 1 aromatic carbocycles. The average Bonchev–Trinajstić information content (AvgIpc) is 2.52. The van der Waals surface area contributed by atoms with Crippen molar-refractivity contribution in [2.45, 2.75) is 18.7 Å². The van der Waals surface area contributed by atoms with E-state index in [0.717, 1.165) is 4.31 Å². The largest absolute Gasteiger partial charge is 0.462 e. The Kier molecular flexibility index (Phi) is 6.51. The molecule has 0 spiro atoms. The van der Waals surface area contributed by atoms with E-state index in [2.05, 4.69) is 5.32 Å². The van der Waals surface area contributed by atoms with E-state index in [1.807, 2.05) is 0 Å². The SMILES string of the molecule is CCOC(=O)c1ccc(S(=O)(=O)N(CC)CC(=O)NC)cc1. The molecule has 0 saturated carbocycles. The lowest BCUT2D eigenvalue weighted by Crippen LogP contribution is -2.39. The number of carbonyl (C=O) groups excluding carboxylic acids is 2. The van der Waals surface area contributed by atoms with Crippen LogP contribution in [0.2, 0.25) is 0 Å².